The van der Waals surface area contributed by atoms with Gasteiger partial charge < -0.3 is 24.3 Å². The third-order valence-electron chi connectivity index (χ3n) is 4.98. The number of H-pyrrole nitrogens is 1. The number of carbonyl (C=O) groups is 2. The summed E-state index contributed by atoms with van der Waals surface area (Å²) < 4.78 is 15.9. The maximum atomic E-state index is 12.7. The van der Waals surface area contributed by atoms with Crippen molar-refractivity contribution in [3.8, 4) is 22.8 Å². The molecule has 2 heterocycles. The van der Waals surface area contributed by atoms with Gasteiger partial charge in [0, 0.05) is 28.2 Å². The molecule has 0 aliphatic carbocycles. The van der Waals surface area contributed by atoms with Crippen LogP contribution < -0.4 is 14.8 Å². The molecule has 2 aromatic carbocycles. The van der Waals surface area contributed by atoms with Crippen molar-refractivity contribution < 1.29 is 23.6 Å². The van der Waals surface area contributed by atoms with E-state index in [1.807, 2.05) is 30.3 Å². The third kappa shape index (κ3) is 3.87. The summed E-state index contributed by atoms with van der Waals surface area (Å²) in [4.78, 5) is 28.3. The topological polar surface area (TPSA) is 106 Å². The fourth-order valence-corrected chi connectivity index (χ4v) is 3.45. The Morgan fingerprint density at radius 1 is 1.06 bits per heavy atom. The summed E-state index contributed by atoms with van der Waals surface area (Å²) in [6.07, 6.45) is 0. The van der Waals surface area contributed by atoms with E-state index in [9.17, 15) is 9.59 Å². The zero-order chi connectivity index (χ0) is 22.0. The summed E-state index contributed by atoms with van der Waals surface area (Å²) in [5.74, 6) is 0.362. The van der Waals surface area contributed by atoms with Crippen molar-refractivity contribution in [1.29, 1.82) is 0 Å². The van der Waals surface area contributed by atoms with E-state index < -0.39 is 11.7 Å². The Balaban J connectivity index is 1.46. The molecule has 8 nitrogen and oxygen atoms in total. The lowest BCUT2D eigenvalue weighted by atomic mass is 10.1. The number of Topliss-reactive ketones (excluding diaryl/α,β-unsaturated/α-hetero) is 1. The molecule has 158 valence electrons. The SMILES string of the molecule is COc1ccc(-c2cc(CNC(=O)C(=O)c3c(C)[nH]c4ccccc34)no2)cc1OC. The number of hydrogen-bond acceptors (Lipinski definition) is 6. The lowest BCUT2D eigenvalue weighted by Crippen LogP contribution is -2.31. The number of nitrogens with zero attached hydrogens (tertiary/aromatic N) is 1. The van der Waals surface area contributed by atoms with Crippen LogP contribution in [0, 0.1) is 6.92 Å². The molecule has 0 saturated heterocycles. The number of ether oxygens (including phenoxy) is 2. The lowest BCUT2D eigenvalue weighted by Gasteiger charge is -2.07. The second-order valence-electron chi connectivity index (χ2n) is 6.93. The van der Waals surface area contributed by atoms with Gasteiger partial charge in [0.25, 0.3) is 11.7 Å². The number of benzene rings is 2. The molecule has 0 radical (unpaired) electrons. The second kappa shape index (κ2) is 8.35. The van der Waals surface area contributed by atoms with E-state index in [0.717, 1.165) is 16.5 Å². The smallest absolute Gasteiger partial charge is 0.292 e. The monoisotopic (exact) mass is 419 g/mol. The lowest BCUT2D eigenvalue weighted by molar-refractivity contribution is -0.117. The van der Waals surface area contributed by atoms with Gasteiger partial charge in [-0.3, -0.25) is 9.59 Å². The van der Waals surface area contributed by atoms with Crippen LogP contribution in [-0.2, 0) is 11.3 Å². The molecular weight excluding hydrogens is 398 g/mol. The van der Waals surface area contributed by atoms with Crippen molar-refractivity contribution in [3.05, 3.63) is 65.5 Å². The van der Waals surface area contributed by atoms with Crippen molar-refractivity contribution in [2.45, 2.75) is 13.5 Å². The average Bonchev–Trinajstić information content (AvgIpc) is 3.40. The van der Waals surface area contributed by atoms with Crippen molar-refractivity contribution in [1.82, 2.24) is 15.5 Å². The third-order valence-corrected chi connectivity index (χ3v) is 4.98. The van der Waals surface area contributed by atoms with Gasteiger partial charge in [-0.1, -0.05) is 23.4 Å². The number of carbonyl (C=O) groups excluding carboxylic acids is 2. The standard InChI is InChI=1S/C23H21N3O5/c1-13-21(16-6-4-5-7-17(16)25-13)22(27)23(28)24-12-15-11-19(31-26-15)14-8-9-18(29-2)20(10-14)30-3/h4-11,25H,12H2,1-3H3,(H,24,28). The molecule has 0 unspecified atom stereocenters. The highest BCUT2D eigenvalue weighted by atomic mass is 16.5. The Bertz CT molecular complexity index is 1270. The highest BCUT2D eigenvalue weighted by Crippen LogP contribution is 2.32. The maximum absolute atomic E-state index is 12.7. The number of nitrogens with one attached hydrogen (secondary N) is 2. The van der Waals surface area contributed by atoms with E-state index in [4.69, 9.17) is 14.0 Å². The number of hydrogen-bond donors (Lipinski definition) is 2. The highest BCUT2D eigenvalue weighted by Gasteiger charge is 2.22. The summed E-state index contributed by atoms with van der Waals surface area (Å²) in [6.45, 7) is 1.83. The summed E-state index contributed by atoms with van der Waals surface area (Å²) in [5.41, 5.74) is 3.07. The average molecular weight is 419 g/mol. The Hall–Kier alpha value is -4.07. The Labute approximate surface area is 178 Å². The van der Waals surface area contributed by atoms with E-state index in [-0.39, 0.29) is 6.54 Å². The normalized spacial score (nSPS) is 10.8. The van der Waals surface area contributed by atoms with Crippen molar-refractivity contribution >= 4 is 22.6 Å². The first-order valence-corrected chi connectivity index (χ1v) is 9.59. The number of aryl methyl sites for hydroxylation is 1. The first-order chi connectivity index (χ1) is 15.0. The summed E-state index contributed by atoms with van der Waals surface area (Å²) in [6, 6.07) is 14.4. The largest absolute Gasteiger partial charge is 0.493 e. The van der Waals surface area contributed by atoms with Gasteiger partial charge in [0.2, 0.25) is 0 Å². The zero-order valence-corrected chi connectivity index (χ0v) is 17.3. The molecule has 31 heavy (non-hydrogen) atoms. The number of aromatic amines is 1. The van der Waals surface area contributed by atoms with E-state index in [1.165, 1.54) is 0 Å². The van der Waals surface area contributed by atoms with Crippen LogP contribution in [0.2, 0.25) is 0 Å². The molecule has 0 aliphatic heterocycles. The van der Waals surface area contributed by atoms with Gasteiger partial charge in [-0.05, 0) is 31.2 Å². The number of fused-ring (bicyclic) bond motifs is 1. The molecule has 0 spiro atoms. The van der Waals surface area contributed by atoms with Crippen molar-refractivity contribution in [2.75, 3.05) is 14.2 Å². The second-order valence-corrected chi connectivity index (χ2v) is 6.93. The van der Waals surface area contributed by atoms with Crippen molar-refractivity contribution in [2.24, 2.45) is 0 Å². The molecule has 2 N–H and O–H groups in total. The van der Waals surface area contributed by atoms with E-state index >= 15 is 0 Å². The Morgan fingerprint density at radius 2 is 1.84 bits per heavy atom. The van der Waals surface area contributed by atoms with Crippen LogP contribution in [0.5, 0.6) is 11.5 Å². The fraction of sp³-hybridized carbons (Fsp3) is 0.174. The molecule has 0 bridgehead atoms. The molecule has 0 saturated carbocycles. The highest BCUT2D eigenvalue weighted by molar-refractivity contribution is 6.45. The van der Waals surface area contributed by atoms with Crippen LogP contribution in [0.25, 0.3) is 22.2 Å². The summed E-state index contributed by atoms with van der Waals surface area (Å²) in [5, 5.41) is 7.31. The summed E-state index contributed by atoms with van der Waals surface area (Å²) in [7, 11) is 3.11. The molecule has 4 aromatic rings. The van der Waals surface area contributed by atoms with Gasteiger partial charge in [0.05, 0.1) is 26.3 Å². The molecule has 0 fully saturated rings. The zero-order valence-electron chi connectivity index (χ0n) is 17.3. The molecule has 0 atom stereocenters. The van der Waals surface area contributed by atoms with E-state index in [2.05, 4.69) is 15.5 Å². The van der Waals surface area contributed by atoms with Crippen LogP contribution in [-0.4, -0.2) is 36.1 Å². The van der Waals surface area contributed by atoms with Crippen molar-refractivity contribution in [3.63, 3.8) is 0 Å². The maximum Gasteiger partial charge on any atom is 0.292 e. The van der Waals surface area contributed by atoms with Gasteiger partial charge in [0.15, 0.2) is 17.3 Å². The first kappa shape index (κ1) is 20.2. The van der Waals surface area contributed by atoms with Gasteiger partial charge in [-0.2, -0.15) is 0 Å². The van der Waals surface area contributed by atoms with E-state index in [1.54, 1.807) is 39.3 Å². The van der Waals surface area contributed by atoms with Crippen LogP contribution >= 0.6 is 0 Å². The minimum absolute atomic E-state index is 0.0583. The Kier molecular flexibility index (Phi) is 5.44. The number of rotatable bonds is 7. The van der Waals surface area contributed by atoms with E-state index in [0.29, 0.717) is 34.2 Å². The number of amides is 1. The molecule has 2 aromatic heterocycles. The minimum Gasteiger partial charge on any atom is -0.493 e. The number of ketones is 1. The van der Waals surface area contributed by atoms with Gasteiger partial charge in [0.1, 0.15) is 5.69 Å². The number of methoxy groups -OCH3 is 2. The minimum atomic E-state index is -0.705. The van der Waals surface area contributed by atoms with Gasteiger partial charge >= 0.3 is 0 Å². The summed E-state index contributed by atoms with van der Waals surface area (Å²) >= 11 is 0. The predicted molar refractivity (Wildman–Crippen MR) is 114 cm³/mol. The fourth-order valence-electron chi connectivity index (χ4n) is 3.45. The first-order valence-electron chi connectivity index (χ1n) is 9.59. The van der Waals surface area contributed by atoms with Gasteiger partial charge in [-0.25, -0.2) is 0 Å². The number of para-hydroxylation sites is 1. The van der Waals surface area contributed by atoms with Crippen LogP contribution in [0.3, 0.4) is 0 Å². The quantitative estimate of drug-likeness (QED) is 0.350. The molecule has 8 heteroatoms. The molecule has 4 rings (SSSR count). The van der Waals surface area contributed by atoms with Gasteiger partial charge in [-0.15, -0.1) is 0 Å². The molecule has 0 aliphatic rings. The van der Waals surface area contributed by atoms with Crippen LogP contribution in [0.15, 0.2) is 53.1 Å². The number of aromatic nitrogens is 2. The molecule has 1 amide bonds. The predicted octanol–water partition coefficient (Wildman–Crippen LogP) is 3.65. The van der Waals surface area contributed by atoms with Crippen LogP contribution in [0.4, 0.5) is 0 Å². The van der Waals surface area contributed by atoms with Crippen LogP contribution in [0.1, 0.15) is 21.7 Å². The molecular formula is C23H21N3O5. The Morgan fingerprint density at radius 3 is 2.61 bits per heavy atom.